The van der Waals surface area contributed by atoms with Crippen LogP contribution in [0.25, 0.3) is 0 Å². The Morgan fingerprint density at radius 3 is 2.40 bits per heavy atom. The molecule has 20 heavy (non-hydrogen) atoms. The summed E-state index contributed by atoms with van der Waals surface area (Å²) in [6.07, 6.45) is 0. The fourth-order valence-corrected chi connectivity index (χ4v) is 2.04. The third-order valence-electron chi connectivity index (χ3n) is 2.83. The van der Waals surface area contributed by atoms with Gasteiger partial charge in [-0.05, 0) is 36.8 Å². The van der Waals surface area contributed by atoms with Gasteiger partial charge in [-0.1, -0.05) is 29.8 Å². The Bertz CT molecular complexity index is 662. The molecule has 2 N–H and O–H groups in total. The number of aryl methyl sites for hydroxylation is 1. The predicted molar refractivity (Wildman–Crippen MR) is 77.5 cm³/mol. The lowest BCUT2D eigenvalue weighted by Crippen LogP contribution is -2.14. The summed E-state index contributed by atoms with van der Waals surface area (Å²) in [5, 5.41) is 12.1. The first-order valence-corrected chi connectivity index (χ1v) is 6.26. The standard InChI is InChI=1S/C15H12ClNO3/c1-9-4-2-7-12(16)13(9)17-14(18)10-5-3-6-11(8-10)15(19)20/h2-8H,1H3,(H,17,18)(H,19,20). The quantitative estimate of drug-likeness (QED) is 0.907. The maximum Gasteiger partial charge on any atom is 0.335 e. The van der Waals surface area contributed by atoms with E-state index in [9.17, 15) is 9.59 Å². The first-order valence-electron chi connectivity index (χ1n) is 5.89. The molecule has 5 heteroatoms. The maximum absolute atomic E-state index is 12.1. The Labute approximate surface area is 121 Å². The Morgan fingerprint density at radius 2 is 1.75 bits per heavy atom. The van der Waals surface area contributed by atoms with Gasteiger partial charge in [-0.2, -0.15) is 0 Å². The van der Waals surface area contributed by atoms with Gasteiger partial charge in [0.15, 0.2) is 0 Å². The zero-order valence-corrected chi connectivity index (χ0v) is 11.4. The molecule has 0 bridgehead atoms. The highest BCUT2D eigenvalue weighted by molar-refractivity contribution is 6.34. The van der Waals surface area contributed by atoms with Gasteiger partial charge >= 0.3 is 5.97 Å². The van der Waals surface area contributed by atoms with Crippen LogP contribution in [0.15, 0.2) is 42.5 Å². The number of benzene rings is 2. The first kappa shape index (κ1) is 14.1. The van der Waals surface area contributed by atoms with E-state index in [4.69, 9.17) is 16.7 Å². The summed E-state index contributed by atoms with van der Waals surface area (Å²) in [4.78, 5) is 23.0. The van der Waals surface area contributed by atoms with Crippen molar-refractivity contribution in [3.05, 3.63) is 64.2 Å². The summed E-state index contributed by atoms with van der Waals surface area (Å²) in [5.74, 6) is -1.47. The first-order chi connectivity index (χ1) is 9.49. The second-order valence-electron chi connectivity index (χ2n) is 4.27. The summed E-state index contributed by atoms with van der Waals surface area (Å²) in [6, 6.07) is 11.1. The predicted octanol–water partition coefficient (Wildman–Crippen LogP) is 3.60. The number of nitrogens with one attached hydrogen (secondary N) is 1. The van der Waals surface area contributed by atoms with E-state index in [-0.39, 0.29) is 11.1 Å². The molecule has 0 fully saturated rings. The van der Waals surface area contributed by atoms with Gasteiger partial charge in [-0.15, -0.1) is 0 Å². The molecule has 4 nitrogen and oxygen atoms in total. The van der Waals surface area contributed by atoms with Crippen molar-refractivity contribution in [1.82, 2.24) is 0 Å². The molecule has 0 saturated carbocycles. The van der Waals surface area contributed by atoms with Crippen LogP contribution in [0.3, 0.4) is 0 Å². The number of carbonyl (C=O) groups excluding carboxylic acids is 1. The smallest absolute Gasteiger partial charge is 0.335 e. The van der Waals surface area contributed by atoms with Crippen LogP contribution in [0.4, 0.5) is 5.69 Å². The minimum atomic E-state index is -1.08. The zero-order valence-electron chi connectivity index (χ0n) is 10.7. The molecule has 0 unspecified atom stereocenters. The average Bonchev–Trinajstić information content (AvgIpc) is 2.43. The van der Waals surface area contributed by atoms with E-state index >= 15 is 0 Å². The number of carboxylic acid groups (broad SMARTS) is 1. The molecule has 0 aliphatic rings. The average molecular weight is 290 g/mol. The monoisotopic (exact) mass is 289 g/mol. The van der Waals surface area contributed by atoms with Crippen LogP contribution in [0, 0.1) is 6.92 Å². The Kier molecular flexibility index (Phi) is 4.05. The van der Waals surface area contributed by atoms with Crippen LogP contribution in [0.5, 0.6) is 0 Å². The molecule has 0 aliphatic heterocycles. The van der Waals surface area contributed by atoms with E-state index in [2.05, 4.69) is 5.32 Å². The molecular weight excluding hydrogens is 278 g/mol. The fraction of sp³-hybridized carbons (Fsp3) is 0.0667. The van der Waals surface area contributed by atoms with Gasteiger partial charge in [0.1, 0.15) is 0 Å². The van der Waals surface area contributed by atoms with Crippen LogP contribution in [-0.2, 0) is 0 Å². The normalized spacial score (nSPS) is 10.1. The van der Waals surface area contributed by atoms with E-state index in [1.54, 1.807) is 18.2 Å². The lowest BCUT2D eigenvalue weighted by atomic mass is 10.1. The number of carboxylic acids is 1. The largest absolute Gasteiger partial charge is 0.478 e. The molecule has 0 aromatic heterocycles. The number of aromatic carboxylic acids is 1. The number of halogens is 1. The number of anilines is 1. The molecule has 2 aromatic carbocycles. The molecule has 0 aliphatic carbocycles. The zero-order chi connectivity index (χ0) is 14.7. The highest BCUT2D eigenvalue weighted by atomic mass is 35.5. The molecule has 2 aromatic rings. The van der Waals surface area contributed by atoms with Crippen molar-refractivity contribution in [2.75, 3.05) is 5.32 Å². The molecule has 0 radical (unpaired) electrons. The number of para-hydroxylation sites is 1. The van der Waals surface area contributed by atoms with Gasteiger partial charge in [0.2, 0.25) is 0 Å². The van der Waals surface area contributed by atoms with Crippen molar-refractivity contribution < 1.29 is 14.7 Å². The summed E-state index contributed by atoms with van der Waals surface area (Å²) in [6.45, 7) is 1.83. The highest BCUT2D eigenvalue weighted by Gasteiger charge is 2.12. The van der Waals surface area contributed by atoms with Crippen molar-refractivity contribution in [2.24, 2.45) is 0 Å². The molecule has 0 saturated heterocycles. The fourth-order valence-electron chi connectivity index (χ4n) is 1.77. The molecule has 0 spiro atoms. The molecule has 2 rings (SSSR count). The van der Waals surface area contributed by atoms with E-state index < -0.39 is 11.9 Å². The maximum atomic E-state index is 12.1. The third-order valence-corrected chi connectivity index (χ3v) is 3.15. The third kappa shape index (κ3) is 2.97. The van der Waals surface area contributed by atoms with Gasteiger partial charge in [-0.3, -0.25) is 4.79 Å². The summed E-state index contributed by atoms with van der Waals surface area (Å²) < 4.78 is 0. The summed E-state index contributed by atoms with van der Waals surface area (Å²) in [5.41, 5.74) is 1.69. The molecule has 102 valence electrons. The van der Waals surface area contributed by atoms with Gasteiger partial charge < -0.3 is 10.4 Å². The number of amides is 1. The van der Waals surface area contributed by atoms with Gasteiger partial charge in [0.05, 0.1) is 16.3 Å². The number of rotatable bonds is 3. The molecule has 1 amide bonds. The number of carbonyl (C=O) groups is 2. The highest BCUT2D eigenvalue weighted by Crippen LogP contribution is 2.25. The van der Waals surface area contributed by atoms with Crippen molar-refractivity contribution in [1.29, 1.82) is 0 Å². The molecule has 0 heterocycles. The Morgan fingerprint density at radius 1 is 1.10 bits per heavy atom. The topological polar surface area (TPSA) is 66.4 Å². The van der Waals surface area contributed by atoms with Crippen molar-refractivity contribution in [3.63, 3.8) is 0 Å². The minimum absolute atomic E-state index is 0.0635. The van der Waals surface area contributed by atoms with Crippen molar-refractivity contribution in [3.8, 4) is 0 Å². The second kappa shape index (κ2) is 5.75. The molecular formula is C15H12ClNO3. The van der Waals surface area contributed by atoms with E-state index in [0.717, 1.165) is 5.56 Å². The summed E-state index contributed by atoms with van der Waals surface area (Å²) in [7, 11) is 0. The van der Waals surface area contributed by atoms with Crippen LogP contribution in [0.1, 0.15) is 26.3 Å². The van der Waals surface area contributed by atoms with E-state index in [1.165, 1.54) is 18.2 Å². The number of hydrogen-bond acceptors (Lipinski definition) is 2. The number of hydrogen-bond donors (Lipinski definition) is 2. The summed E-state index contributed by atoms with van der Waals surface area (Å²) >= 11 is 6.03. The van der Waals surface area contributed by atoms with E-state index in [1.807, 2.05) is 13.0 Å². The molecule has 0 atom stereocenters. The van der Waals surface area contributed by atoms with Crippen molar-refractivity contribution >= 4 is 29.2 Å². The van der Waals surface area contributed by atoms with Crippen LogP contribution >= 0.6 is 11.6 Å². The van der Waals surface area contributed by atoms with Crippen LogP contribution < -0.4 is 5.32 Å². The van der Waals surface area contributed by atoms with Crippen molar-refractivity contribution in [2.45, 2.75) is 6.92 Å². The van der Waals surface area contributed by atoms with E-state index in [0.29, 0.717) is 10.7 Å². The lowest BCUT2D eigenvalue weighted by Gasteiger charge is -2.10. The Balaban J connectivity index is 2.29. The van der Waals surface area contributed by atoms with Gasteiger partial charge in [0, 0.05) is 5.56 Å². The van der Waals surface area contributed by atoms with Gasteiger partial charge in [-0.25, -0.2) is 4.79 Å². The second-order valence-corrected chi connectivity index (χ2v) is 4.68. The Hall–Kier alpha value is -2.33. The van der Waals surface area contributed by atoms with Crippen LogP contribution in [-0.4, -0.2) is 17.0 Å². The SMILES string of the molecule is Cc1cccc(Cl)c1NC(=O)c1cccc(C(=O)O)c1. The lowest BCUT2D eigenvalue weighted by molar-refractivity contribution is 0.0697. The van der Waals surface area contributed by atoms with Gasteiger partial charge in [0.25, 0.3) is 5.91 Å². The van der Waals surface area contributed by atoms with Crippen LogP contribution in [0.2, 0.25) is 5.02 Å². The minimum Gasteiger partial charge on any atom is -0.478 e.